The van der Waals surface area contributed by atoms with Gasteiger partial charge in [0.1, 0.15) is 5.75 Å². The highest BCUT2D eigenvalue weighted by Gasteiger charge is 1.89. The van der Waals surface area contributed by atoms with E-state index in [1.54, 1.807) is 24.5 Å². The number of phenolic OH excluding ortho intramolecular Hbond substituents is 1. The summed E-state index contributed by atoms with van der Waals surface area (Å²) in [5.74, 6) is 0.347. The maximum absolute atomic E-state index is 9.85. The monoisotopic (exact) mass is 272 g/mol. The lowest BCUT2D eigenvalue weighted by Gasteiger charge is -1.96. The fourth-order valence-electron chi connectivity index (χ4n) is 1.61. The van der Waals surface area contributed by atoms with Crippen LogP contribution in [0.4, 0.5) is 0 Å². The molecule has 2 rings (SSSR count). The summed E-state index contributed by atoms with van der Waals surface area (Å²) >= 11 is 0. The highest BCUT2D eigenvalue weighted by molar-refractivity contribution is 5.46. The molecule has 1 heterocycles. The second-order valence-corrected chi connectivity index (χ2v) is 4.27. The Labute approximate surface area is 119 Å². The number of amides is 1. The van der Waals surface area contributed by atoms with Crippen molar-refractivity contribution >= 4 is 6.41 Å². The average Bonchev–Trinajstić information content (AvgIpc) is 2.49. The number of phenols is 1. The van der Waals surface area contributed by atoms with E-state index in [4.69, 9.17) is 5.11 Å². The number of pyridine rings is 1. The van der Waals surface area contributed by atoms with E-state index < -0.39 is 0 Å². The number of nitrogens with one attached hydrogen (secondary N) is 1. The minimum atomic E-state index is 0.347. The molecule has 4 heteroatoms. The second kappa shape index (κ2) is 9.55. The molecule has 106 valence electrons. The molecular formula is C16H20N2O2. The number of carbonyl (C=O) groups excluding carboxylic acids is 1. The largest absolute Gasteiger partial charge is 0.508 e. The number of hydrogen-bond acceptors (Lipinski definition) is 3. The van der Waals surface area contributed by atoms with Crippen molar-refractivity contribution in [3.63, 3.8) is 0 Å². The Kier molecular flexibility index (Phi) is 7.50. The zero-order valence-electron chi connectivity index (χ0n) is 11.6. The van der Waals surface area contributed by atoms with Crippen molar-refractivity contribution in [2.45, 2.75) is 26.3 Å². The number of aromatic nitrogens is 1. The van der Waals surface area contributed by atoms with Gasteiger partial charge in [0.2, 0.25) is 6.41 Å². The van der Waals surface area contributed by atoms with Gasteiger partial charge in [0, 0.05) is 18.9 Å². The van der Waals surface area contributed by atoms with Gasteiger partial charge in [0.15, 0.2) is 0 Å². The van der Waals surface area contributed by atoms with Gasteiger partial charge in [-0.2, -0.15) is 0 Å². The van der Waals surface area contributed by atoms with Crippen molar-refractivity contribution in [2.24, 2.45) is 0 Å². The van der Waals surface area contributed by atoms with Crippen molar-refractivity contribution < 1.29 is 9.90 Å². The summed E-state index contributed by atoms with van der Waals surface area (Å²) in [6.45, 7) is 2.72. The van der Waals surface area contributed by atoms with Gasteiger partial charge in [-0.25, -0.2) is 0 Å². The molecular weight excluding hydrogens is 252 g/mol. The lowest BCUT2D eigenvalue weighted by Crippen LogP contribution is -2.09. The SMILES string of the molecule is CCCc1ccc(O)cc1.O=CNCc1ccncc1. The molecule has 0 aliphatic rings. The van der Waals surface area contributed by atoms with Crippen molar-refractivity contribution in [2.75, 3.05) is 0 Å². The number of nitrogens with zero attached hydrogens (tertiary/aromatic N) is 1. The highest BCUT2D eigenvalue weighted by atomic mass is 16.3. The first kappa shape index (κ1) is 15.7. The molecule has 0 aliphatic heterocycles. The van der Waals surface area contributed by atoms with Crippen LogP contribution in [0.25, 0.3) is 0 Å². The fourth-order valence-corrected chi connectivity index (χ4v) is 1.61. The predicted octanol–water partition coefficient (Wildman–Crippen LogP) is 2.67. The zero-order valence-corrected chi connectivity index (χ0v) is 11.6. The number of carbonyl (C=O) groups is 1. The van der Waals surface area contributed by atoms with Crippen LogP contribution in [-0.4, -0.2) is 16.5 Å². The van der Waals surface area contributed by atoms with Gasteiger partial charge in [0.25, 0.3) is 0 Å². The molecule has 1 aromatic heterocycles. The minimum absolute atomic E-state index is 0.347. The Hall–Kier alpha value is -2.36. The van der Waals surface area contributed by atoms with Crippen LogP contribution in [0.5, 0.6) is 5.75 Å². The van der Waals surface area contributed by atoms with E-state index in [1.807, 2.05) is 24.3 Å². The van der Waals surface area contributed by atoms with Crippen LogP contribution in [-0.2, 0) is 17.8 Å². The van der Waals surface area contributed by atoms with Crippen molar-refractivity contribution in [1.29, 1.82) is 0 Å². The van der Waals surface area contributed by atoms with Crippen molar-refractivity contribution in [1.82, 2.24) is 10.3 Å². The quantitative estimate of drug-likeness (QED) is 0.823. The van der Waals surface area contributed by atoms with Crippen LogP contribution < -0.4 is 5.32 Å². The van der Waals surface area contributed by atoms with Gasteiger partial charge in [-0.15, -0.1) is 0 Å². The van der Waals surface area contributed by atoms with Crippen LogP contribution in [0.3, 0.4) is 0 Å². The zero-order chi connectivity index (χ0) is 14.6. The van der Waals surface area contributed by atoms with Crippen molar-refractivity contribution in [3.05, 3.63) is 59.9 Å². The van der Waals surface area contributed by atoms with Gasteiger partial charge >= 0.3 is 0 Å². The van der Waals surface area contributed by atoms with E-state index in [-0.39, 0.29) is 0 Å². The Morgan fingerprint density at radius 1 is 1.10 bits per heavy atom. The average molecular weight is 272 g/mol. The first-order chi connectivity index (χ1) is 9.76. The molecule has 0 atom stereocenters. The molecule has 4 nitrogen and oxygen atoms in total. The minimum Gasteiger partial charge on any atom is -0.508 e. The van der Waals surface area contributed by atoms with Crippen molar-refractivity contribution in [3.8, 4) is 5.75 Å². The molecule has 0 bridgehead atoms. The molecule has 0 fully saturated rings. The van der Waals surface area contributed by atoms with Crippen LogP contribution in [0.1, 0.15) is 24.5 Å². The molecule has 2 N–H and O–H groups in total. The summed E-state index contributed by atoms with van der Waals surface area (Å²) in [6.07, 6.45) is 6.33. The van der Waals surface area contributed by atoms with Gasteiger partial charge < -0.3 is 10.4 Å². The first-order valence-electron chi connectivity index (χ1n) is 6.60. The maximum atomic E-state index is 9.85. The van der Waals surface area contributed by atoms with E-state index in [1.165, 1.54) is 5.56 Å². The number of aryl methyl sites for hydroxylation is 1. The Bertz CT molecular complexity index is 484. The molecule has 0 saturated carbocycles. The van der Waals surface area contributed by atoms with Crippen LogP contribution in [0, 0.1) is 0 Å². The number of aromatic hydroxyl groups is 1. The number of benzene rings is 1. The lowest BCUT2D eigenvalue weighted by molar-refractivity contribution is -0.109. The summed E-state index contributed by atoms with van der Waals surface area (Å²) in [6, 6.07) is 11.1. The Balaban J connectivity index is 0.000000200. The molecule has 0 spiro atoms. The molecule has 1 aromatic carbocycles. The Morgan fingerprint density at radius 3 is 2.30 bits per heavy atom. The smallest absolute Gasteiger partial charge is 0.207 e. The first-order valence-corrected chi connectivity index (χ1v) is 6.60. The summed E-state index contributed by atoms with van der Waals surface area (Å²) in [5.41, 5.74) is 2.35. The van der Waals surface area contributed by atoms with E-state index in [0.29, 0.717) is 18.7 Å². The van der Waals surface area contributed by atoms with Gasteiger partial charge in [-0.1, -0.05) is 25.5 Å². The summed E-state index contributed by atoms with van der Waals surface area (Å²) in [7, 11) is 0. The third kappa shape index (κ3) is 6.54. The van der Waals surface area contributed by atoms with Gasteiger partial charge in [0.05, 0.1) is 0 Å². The van der Waals surface area contributed by atoms with Crippen LogP contribution >= 0.6 is 0 Å². The van der Waals surface area contributed by atoms with Gasteiger partial charge in [-0.05, 0) is 41.8 Å². The predicted molar refractivity (Wildman–Crippen MR) is 79.2 cm³/mol. The van der Waals surface area contributed by atoms with E-state index >= 15 is 0 Å². The topological polar surface area (TPSA) is 62.2 Å². The molecule has 0 unspecified atom stereocenters. The summed E-state index contributed by atoms with van der Waals surface area (Å²) in [4.78, 5) is 13.7. The number of rotatable bonds is 5. The van der Waals surface area contributed by atoms with Gasteiger partial charge in [-0.3, -0.25) is 9.78 Å². The standard InChI is InChI=1S/C9H12O.C7H8N2O/c1-2-3-8-4-6-9(10)7-5-8;10-6-9-5-7-1-3-8-4-2-7/h4-7,10H,2-3H2,1H3;1-4,6H,5H2,(H,9,10). The van der Waals surface area contributed by atoms with E-state index in [9.17, 15) is 4.79 Å². The van der Waals surface area contributed by atoms with E-state index in [2.05, 4.69) is 17.2 Å². The molecule has 2 aromatic rings. The summed E-state index contributed by atoms with van der Waals surface area (Å²) in [5, 5.41) is 11.5. The molecule has 0 aliphatic carbocycles. The third-order valence-electron chi connectivity index (χ3n) is 2.61. The third-order valence-corrected chi connectivity index (χ3v) is 2.61. The molecule has 0 saturated heterocycles. The number of hydrogen-bond donors (Lipinski definition) is 2. The molecule has 20 heavy (non-hydrogen) atoms. The molecule has 0 radical (unpaired) electrons. The van der Waals surface area contributed by atoms with Crippen LogP contribution in [0.15, 0.2) is 48.8 Å². The second-order valence-electron chi connectivity index (χ2n) is 4.27. The van der Waals surface area contributed by atoms with Crippen LogP contribution in [0.2, 0.25) is 0 Å². The van der Waals surface area contributed by atoms with E-state index in [0.717, 1.165) is 18.4 Å². The fraction of sp³-hybridized carbons (Fsp3) is 0.250. The Morgan fingerprint density at radius 2 is 1.75 bits per heavy atom. The molecule has 1 amide bonds. The highest BCUT2D eigenvalue weighted by Crippen LogP contribution is 2.10. The summed E-state index contributed by atoms with van der Waals surface area (Å²) < 4.78 is 0. The normalized spacial score (nSPS) is 9.25. The maximum Gasteiger partial charge on any atom is 0.207 e. The lowest BCUT2D eigenvalue weighted by atomic mass is 10.1.